The van der Waals surface area contributed by atoms with Crippen LogP contribution in [0, 0.1) is 6.92 Å². The average Bonchev–Trinajstić information content (AvgIpc) is 2.61. The Labute approximate surface area is 169 Å². The van der Waals surface area contributed by atoms with Crippen LogP contribution in [0.2, 0.25) is 0 Å². The minimum atomic E-state index is -0.503. The third-order valence-corrected chi connectivity index (χ3v) is 4.52. The molecule has 2 rings (SSSR count). The Kier molecular flexibility index (Phi) is 7.38. The van der Waals surface area contributed by atoms with Gasteiger partial charge < -0.3 is 10.2 Å². The predicted octanol–water partition coefficient (Wildman–Crippen LogP) is 4.26. The van der Waals surface area contributed by atoms with Crippen molar-refractivity contribution in [1.82, 2.24) is 10.2 Å². The highest BCUT2D eigenvalue weighted by atomic mass is 16.2. The lowest BCUT2D eigenvalue weighted by atomic mass is 10.0. The zero-order valence-electron chi connectivity index (χ0n) is 17.7. The maximum absolute atomic E-state index is 13.2. The molecule has 4 heteroatoms. The van der Waals surface area contributed by atoms with Crippen molar-refractivity contribution in [3.8, 4) is 0 Å². The highest BCUT2D eigenvalue weighted by molar-refractivity contribution is 5.88. The summed E-state index contributed by atoms with van der Waals surface area (Å²) in [4.78, 5) is 27.9. The van der Waals surface area contributed by atoms with E-state index in [-0.39, 0.29) is 23.8 Å². The largest absolute Gasteiger partial charge is 0.350 e. The Morgan fingerprint density at radius 3 is 2.21 bits per heavy atom. The fourth-order valence-electron chi connectivity index (χ4n) is 3.25. The highest BCUT2D eigenvalue weighted by Crippen LogP contribution is 2.16. The maximum Gasteiger partial charge on any atom is 0.243 e. The summed E-state index contributed by atoms with van der Waals surface area (Å²) in [5, 5.41) is 3.03. The van der Waals surface area contributed by atoms with Crippen LogP contribution in [0.15, 0.2) is 54.6 Å². The molecule has 4 nitrogen and oxygen atoms in total. The van der Waals surface area contributed by atoms with Crippen LogP contribution < -0.4 is 5.32 Å². The molecular formula is C24H32N2O2. The van der Waals surface area contributed by atoms with Crippen LogP contribution in [0.5, 0.6) is 0 Å². The quantitative estimate of drug-likeness (QED) is 0.780. The van der Waals surface area contributed by atoms with Crippen molar-refractivity contribution in [1.29, 1.82) is 0 Å². The number of hydrogen-bond donors (Lipinski definition) is 1. The van der Waals surface area contributed by atoms with Crippen molar-refractivity contribution in [3.63, 3.8) is 0 Å². The Bertz CT molecular complexity index is 794. The van der Waals surface area contributed by atoms with E-state index in [1.54, 1.807) is 4.90 Å². The lowest BCUT2D eigenvalue weighted by molar-refractivity contribution is -0.141. The fourth-order valence-corrected chi connectivity index (χ4v) is 3.25. The molecule has 2 amide bonds. The molecule has 1 N–H and O–H groups in total. The molecule has 0 fully saturated rings. The average molecular weight is 381 g/mol. The molecule has 0 radical (unpaired) electrons. The molecule has 0 unspecified atom stereocenters. The van der Waals surface area contributed by atoms with Gasteiger partial charge >= 0.3 is 0 Å². The lowest BCUT2D eigenvalue weighted by Crippen LogP contribution is -2.53. The summed E-state index contributed by atoms with van der Waals surface area (Å²) in [7, 11) is 0. The Balaban J connectivity index is 2.28. The van der Waals surface area contributed by atoms with Gasteiger partial charge in [0.25, 0.3) is 0 Å². The van der Waals surface area contributed by atoms with E-state index in [0.29, 0.717) is 13.0 Å². The second kappa shape index (κ2) is 9.54. The normalized spacial score (nSPS) is 12.3. The molecule has 0 bridgehead atoms. The second-order valence-electron chi connectivity index (χ2n) is 8.34. The number of nitrogens with one attached hydrogen (secondary N) is 1. The van der Waals surface area contributed by atoms with Gasteiger partial charge in [0.15, 0.2) is 0 Å². The van der Waals surface area contributed by atoms with Gasteiger partial charge in [0, 0.05) is 12.1 Å². The summed E-state index contributed by atoms with van der Waals surface area (Å²) in [5.41, 5.74) is 2.76. The number of carbonyl (C=O) groups is 2. The van der Waals surface area contributed by atoms with E-state index in [2.05, 4.69) is 5.32 Å². The van der Waals surface area contributed by atoms with E-state index in [1.807, 2.05) is 89.2 Å². The van der Waals surface area contributed by atoms with Gasteiger partial charge in [-0.15, -0.1) is 0 Å². The lowest BCUT2D eigenvalue weighted by Gasteiger charge is -2.33. The van der Waals surface area contributed by atoms with Crippen LogP contribution in [0.4, 0.5) is 0 Å². The van der Waals surface area contributed by atoms with Crippen LogP contribution in [-0.4, -0.2) is 28.3 Å². The van der Waals surface area contributed by atoms with E-state index in [9.17, 15) is 9.59 Å². The molecule has 150 valence electrons. The van der Waals surface area contributed by atoms with Crippen LogP contribution in [0.3, 0.4) is 0 Å². The van der Waals surface area contributed by atoms with Crippen LogP contribution in [0.25, 0.3) is 0 Å². The summed E-state index contributed by atoms with van der Waals surface area (Å²) < 4.78 is 0. The van der Waals surface area contributed by atoms with Gasteiger partial charge in [-0.1, -0.05) is 67.1 Å². The minimum absolute atomic E-state index is 0.0367. The summed E-state index contributed by atoms with van der Waals surface area (Å²) in [5.74, 6) is -0.145. The molecular weight excluding hydrogens is 348 g/mol. The number of amides is 2. The zero-order valence-corrected chi connectivity index (χ0v) is 17.7. The SMILES string of the molecule is CC[C@@H](C(=O)NC(C)(C)C)N(Cc1ccccc1)C(=O)Cc1cccc(C)c1. The Morgan fingerprint density at radius 1 is 1.00 bits per heavy atom. The molecule has 0 aliphatic heterocycles. The maximum atomic E-state index is 13.2. The molecule has 0 saturated carbocycles. The first kappa shape index (κ1) is 21.7. The molecule has 0 aliphatic rings. The molecule has 28 heavy (non-hydrogen) atoms. The Morgan fingerprint density at radius 2 is 1.64 bits per heavy atom. The molecule has 2 aromatic rings. The van der Waals surface area contributed by atoms with E-state index in [1.165, 1.54) is 0 Å². The molecule has 0 spiro atoms. The molecule has 0 aromatic heterocycles. The standard InChI is InChI=1S/C24H32N2O2/c1-6-21(23(28)25-24(3,4)5)26(17-19-12-8-7-9-13-19)22(27)16-20-14-10-11-18(2)15-20/h7-15,21H,6,16-17H2,1-5H3,(H,25,28)/t21-/m0/s1. The summed E-state index contributed by atoms with van der Waals surface area (Å²) in [6.07, 6.45) is 0.849. The summed E-state index contributed by atoms with van der Waals surface area (Å²) in [6.45, 7) is 10.2. The molecule has 2 aromatic carbocycles. The number of carbonyl (C=O) groups excluding carboxylic acids is 2. The first-order valence-corrected chi connectivity index (χ1v) is 9.90. The summed E-state index contributed by atoms with van der Waals surface area (Å²) >= 11 is 0. The molecule has 1 atom stereocenters. The first-order valence-electron chi connectivity index (χ1n) is 9.90. The van der Waals surface area contributed by atoms with E-state index in [4.69, 9.17) is 0 Å². The van der Waals surface area contributed by atoms with Crippen LogP contribution >= 0.6 is 0 Å². The third-order valence-electron chi connectivity index (χ3n) is 4.52. The van der Waals surface area contributed by atoms with Gasteiger partial charge in [0.1, 0.15) is 6.04 Å². The zero-order chi connectivity index (χ0) is 20.7. The number of nitrogens with zero attached hydrogens (tertiary/aromatic N) is 1. The van der Waals surface area contributed by atoms with Crippen molar-refractivity contribution >= 4 is 11.8 Å². The van der Waals surface area contributed by atoms with Crippen LogP contribution in [0.1, 0.15) is 50.8 Å². The van der Waals surface area contributed by atoms with Gasteiger partial charge in [-0.05, 0) is 45.2 Å². The Hall–Kier alpha value is -2.62. The van der Waals surface area contributed by atoms with Crippen molar-refractivity contribution in [3.05, 3.63) is 71.3 Å². The number of hydrogen-bond acceptors (Lipinski definition) is 2. The fraction of sp³-hybridized carbons (Fsp3) is 0.417. The van der Waals surface area contributed by atoms with Gasteiger partial charge in [-0.25, -0.2) is 0 Å². The van der Waals surface area contributed by atoms with Gasteiger partial charge in [0.2, 0.25) is 11.8 Å². The van der Waals surface area contributed by atoms with Gasteiger partial charge in [-0.2, -0.15) is 0 Å². The molecule has 0 heterocycles. The highest BCUT2D eigenvalue weighted by Gasteiger charge is 2.30. The number of rotatable bonds is 7. The van der Waals surface area contributed by atoms with E-state index >= 15 is 0 Å². The number of aryl methyl sites for hydroxylation is 1. The van der Waals surface area contributed by atoms with E-state index < -0.39 is 6.04 Å². The predicted molar refractivity (Wildman–Crippen MR) is 114 cm³/mol. The first-order chi connectivity index (χ1) is 13.2. The van der Waals surface area contributed by atoms with Crippen molar-refractivity contribution in [2.24, 2.45) is 0 Å². The van der Waals surface area contributed by atoms with Crippen molar-refractivity contribution in [2.75, 3.05) is 0 Å². The molecule has 0 saturated heterocycles. The number of benzene rings is 2. The van der Waals surface area contributed by atoms with Gasteiger partial charge in [0.05, 0.1) is 6.42 Å². The minimum Gasteiger partial charge on any atom is -0.350 e. The molecule has 0 aliphatic carbocycles. The van der Waals surface area contributed by atoms with Crippen molar-refractivity contribution in [2.45, 2.75) is 65.6 Å². The smallest absolute Gasteiger partial charge is 0.243 e. The van der Waals surface area contributed by atoms with Crippen LogP contribution in [-0.2, 0) is 22.6 Å². The second-order valence-corrected chi connectivity index (χ2v) is 8.34. The topological polar surface area (TPSA) is 49.4 Å². The third kappa shape index (κ3) is 6.52. The van der Waals surface area contributed by atoms with E-state index in [0.717, 1.165) is 16.7 Å². The monoisotopic (exact) mass is 380 g/mol. The summed E-state index contributed by atoms with van der Waals surface area (Å²) in [6, 6.07) is 17.3. The van der Waals surface area contributed by atoms with Gasteiger partial charge in [-0.3, -0.25) is 9.59 Å². The van der Waals surface area contributed by atoms with Crippen molar-refractivity contribution < 1.29 is 9.59 Å².